The van der Waals surface area contributed by atoms with Crippen molar-refractivity contribution in [2.75, 3.05) is 33.9 Å². The van der Waals surface area contributed by atoms with Crippen molar-refractivity contribution in [3.8, 4) is 5.75 Å². The molecule has 2 unspecified atom stereocenters. The summed E-state index contributed by atoms with van der Waals surface area (Å²) in [5.74, 6) is 1.69. The number of hydrogen-bond acceptors (Lipinski definition) is 5. The largest absolute Gasteiger partial charge is 0.497 e. The van der Waals surface area contributed by atoms with Crippen LogP contribution in [0.1, 0.15) is 36.9 Å². The lowest BCUT2D eigenvalue weighted by molar-refractivity contribution is -0.141. The summed E-state index contributed by atoms with van der Waals surface area (Å²) in [7, 11) is 3.16. The van der Waals surface area contributed by atoms with Crippen LogP contribution in [-0.2, 0) is 22.4 Å². The molecule has 1 saturated heterocycles. The molecule has 2 aliphatic heterocycles. The van der Waals surface area contributed by atoms with E-state index < -0.39 is 0 Å². The lowest BCUT2D eigenvalue weighted by atomic mass is 9.78. The summed E-state index contributed by atoms with van der Waals surface area (Å²) in [6.45, 7) is 2.25. The first-order valence-corrected chi connectivity index (χ1v) is 10.7. The number of piperidine rings is 1. The first-order valence-electron chi connectivity index (χ1n) is 10.7. The van der Waals surface area contributed by atoms with Crippen LogP contribution < -0.4 is 4.74 Å². The molecular formula is C23H32N2O4. The SMILES string of the molecule is COC(=O)CC[C@@H]1CC(CCO)C2Cc3[nH]c4ccc(OC)cc4c3CCN2C1. The highest BCUT2D eigenvalue weighted by molar-refractivity contribution is 5.86. The van der Waals surface area contributed by atoms with E-state index >= 15 is 0 Å². The zero-order chi connectivity index (χ0) is 20.4. The van der Waals surface area contributed by atoms with Crippen LogP contribution in [0.3, 0.4) is 0 Å². The van der Waals surface area contributed by atoms with Gasteiger partial charge in [-0.1, -0.05) is 0 Å². The number of nitrogens with zero attached hydrogens (tertiary/aromatic N) is 1. The molecule has 2 aromatic rings. The molecule has 2 N–H and O–H groups in total. The van der Waals surface area contributed by atoms with Gasteiger partial charge < -0.3 is 19.6 Å². The predicted molar refractivity (Wildman–Crippen MR) is 112 cm³/mol. The van der Waals surface area contributed by atoms with E-state index in [1.54, 1.807) is 7.11 Å². The van der Waals surface area contributed by atoms with Crippen LogP contribution in [0.4, 0.5) is 0 Å². The number of aliphatic hydroxyl groups is 1. The Hall–Kier alpha value is -2.05. The fourth-order valence-electron chi connectivity index (χ4n) is 5.42. The van der Waals surface area contributed by atoms with Gasteiger partial charge in [-0.15, -0.1) is 0 Å². The van der Waals surface area contributed by atoms with Gasteiger partial charge in [0.1, 0.15) is 5.75 Å². The Labute approximate surface area is 172 Å². The highest BCUT2D eigenvalue weighted by Crippen LogP contribution is 2.38. The van der Waals surface area contributed by atoms with Gasteiger partial charge in [0.2, 0.25) is 0 Å². The lowest BCUT2D eigenvalue weighted by Crippen LogP contribution is -2.50. The summed E-state index contributed by atoms with van der Waals surface area (Å²) in [5.41, 5.74) is 3.91. The molecule has 0 spiro atoms. The van der Waals surface area contributed by atoms with E-state index in [4.69, 9.17) is 9.47 Å². The van der Waals surface area contributed by atoms with Gasteiger partial charge in [-0.3, -0.25) is 9.69 Å². The summed E-state index contributed by atoms with van der Waals surface area (Å²) in [6, 6.07) is 6.69. The van der Waals surface area contributed by atoms with Gasteiger partial charge in [0.25, 0.3) is 0 Å². The number of benzene rings is 1. The maximum Gasteiger partial charge on any atom is 0.305 e. The van der Waals surface area contributed by atoms with Gasteiger partial charge in [-0.05, 0) is 61.3 Å². The molecule has 1 aromatic carbocycles. The van der Waals surface area contributed by atoms with Crippen LogP contribution in [0.25, 0.3) is 10.9 Å². The normalized spacial score (nSPS) is 24.6. The van der Waals surface area contributed by atoms with Gasteiger partial charge in [0, 0.05) is 55.2 Å². The summed E-state index contributed by atoms with van der Waals surface area (Å²) in [5, 5.41) is 10.9. The minimum atomic E-state index is -0.128. The molecule has 4 rings (SSSR count). The molecule has 29 heavy (non-hydrogen) atoms. The molecule has 0 saturated carbocycles. The molecule has 1 aromatic heterocycles. The van der Waals surface area contributed by atoms with E-state index in [1.807, 2.05) is 6.07 Å². The van der Waals surface area contributed by atoms with E-state index in [-0.39, 0.29) is 12.6 Å². The minimum absolute atomic E-state index is 0.128. The summed E-state index contributed by atoms with van der Waals surface area (Å²) < 4.78 is 10.3. The highest BCUT2D eigenvalue weighted by Gasteiger charge is 2.38. The van der Waals surface area contributed by atoms with Crippen molar-refractivity contribution >= 4 is 16.9 Å². The molecule has 6 heteroatoms. The smallest absolute Gasteiger partial charge is 0.305 e. The van der Waals surface area contributed by atoms with Crippen LogP contribution in [0, 0.1) is 11.8 Å². The molecule has 1 fully saturated rings. The number of hydrogen-bond donors (Lipinski definition) is 2. The zero-order valence-corrected chi connectivity index (χ0v) is 17.4. The third kappa shape index (κ3) is 4.14. The Kier molecular flexibility index (Phi) is 6.11. The Morgan fingerprint density at radius 1 is 1.31 bits per heavy atom. The summed E-state index contributed by atoms with van der Waals surface area (Å²) >= 11 is 0. The van der Waals surface area contributed by atoms with Crippen molar-refractivity contribution in [1.29, 1.82) is 0 Å². The first-order chi connectivity index (χ1) is 14.1. The highest BCUT2D eigenvalue weighted by atomic mass is 16.5. The van der Waals surface area contributed by atoms with Crippen molar-refractivity contribution in [3.63, 3.8) is 0 Å². The molecule has 158 valence electrons. The number of aromatic amines is 1. The topological polar surface area (TPSA) is 74.8 Å². The predicted octanol–water partition coefficient (Wildman–Crippen LogP) is 2.92. The number of ether oxygens (including phenoxy) is 2. The number of rotatable bonds is 6. The zero-order valence-electron chi connectivity index (χ0n) is 17.4. The van der Waals surface area contributed by atoms with Crippen molar-refractivity contribution in [2.24, 2.45) is 11.8 Å². The number of H-pyrrole nitrogens is 1. The molecule has 0 bridgehead atoms. The molecule has 0 aliphatic carbocycles. The number of methoxy groups -OCH3 is 2. The van der Waals surface area contributed by atoms with Crippen LogP contribution >= 0.6 is 0 Å². The first kappa shape index (κ1) is 20.2. The Morgan fingerprint density at radius 2 is 2.17 bits per heavy atom. The lowest BCUT2D eigenvalue weighted by Gasteiger charge is -2.44. The van der Waals surface area contributed by atoms with Crippen molar-refractivity contribution < 1.29 is 19.4 Å². The number of fused-ring (bicyclic) bond motifs is 4. The van der Waals surface area contributed by atoms with Gasteiger partial charge in [-0.2, -0.15) is 0 Å². The number of nitrogens with one attached hydrogen (secondary N) is 1. The molecule has 0 radical (unpaired) electrons. The monoisotopic (exact) mass is 400 g/mol. The standard InChI is InChI=1S/C23H32N2O4/c1-28-17-4-5-20-19(12-17)18-7-9-25-14-15(3-6-23(27)29-2)11-16(8-10-26)22(25)13-21(18)24-20/h4-5,12,15-16,22,24,26H,3,6-11,13-14H2,1-2H3/t15-,16?,22?/m1/s1. The maximum absolute atomic E-state index is 11.6. The quantitative estimate of drug-likeness (QED) is 0.730. The van der Waals surface area contributed by atoms with Crippen LogP contribution in [0.5, 0.6) is 5.75 Å². The summed E-state index contributed by atoms with van der Waals surface area (Å²) in [4.78, 5) is 17.9. The van der Waals surface area contributed by atoms with Gasteiger partial charge >= 0.3 is 5.97 Å². The second-order valence-electron chi connectivity index (χ2n) is 8.50. The Balaban J connectivity index is 1.57. The molecule has 6 nitrogen and oxygen atoms in total. The van der Waals surface area contributed by atoms with Crippen LogP contribution in [0.2, 0.25) is 0 Å². The fraction of sp³-hybridized carbons (Fsp3) is 0.609. The Bertz CT molecular complexity index is 862. The van der Waals surface area contributed by atoms with E-state index in [2.05, 4.69) is 22.0 Å². The van der Waals surface area contributed by atoms with Gasteiger partial charge in [-0.25, -0.2) is 0 Å². The molecular weight excluding hydrogens is 368 g/mol. The number of aliphatic hydroxyl groups excluding tert-OH is 1. The Morgan fingerprint density at radius 3 is 2.93 bits per heavy atom. The average molecular weight is 401 g/mol. The fourth-order valence-corrected chi connectivity index (χ4v) is 5.42. The van der Waals surface area contributed by atoms with Gasteiger partial charge in [0.05, 0.1) is 14.2 Å². The van der Waals surface area contributed by atoms with Gasteiger partial charge in [0.15, 0.2) is 0 Å². The molecule has 3 atom stereocenters. The minimum Gasteiger partial charge on any atom is -0.497 e. The number of carbonyl (C=O) groups is 1. The van der Waals surface area contributed by atoms with E-state index in [0.717, 1.165) is 50.9 Å². The second kappa shape index (κ2) is 8.76. The maximum atomic E-state index is 11.6. The van der Waals surface area contributed by atoms with E-state index in [1.165, 1.54) is 29.3 Å². The third-order valence-corrected chi connectivity index (χ3v) is 6.89. The molecule has 3 heterocycles. The third-order valence-electron chi connectivity index (χ3n) is 6.89. The van der Waals surface area contributed by atoms with Crippen molar-refractivity contribution in [3.05, 3.63) is 29.5 Å². The summed E-state index contributed by atoms with van der Waals surface area (Å²) in [6.07, 6.45) is 5.23. The second-order valence-corrected chi connectivity index (χ2v) is 8.50. The molecule has 0 amide bonds. The number of esters is 1. The average Bonchev–Trinajstić information content (AvgIpc) is 2.97. The van der Waals surface area contributed by atoms with Crippen molar-refractivity contribution in [2.45, 2.75) is 44.6 Å². The van der Waals surface area contributed by atoms with Crippen molar-refractivity contribution in [1.82, 2.24) is 9.88 Å². The number of carbonyl (C=O) groups excluding carboxylic acids is 1. The van der Waals surface area contributed by atoms with E-state index in [9.17, 15) is 9.90 Å². The number of aromatic nitrogens is 1. The van der Waals surface area contributed by atoms with Crippen LogP contribution in [0.15, 0.2) is 18.2 Å². The van der Waals surface area contributed by atoms with Crippen LogP contribution in [-0.4, -0.2) is 60.9 Å². The molecule has 2 aliphatic rings. The van der Waals surface area contributed by atoms with E-state index in [0.29, 0.717) is 24.3 Å².